The molecule has 2 aromatic carbocycles. The standard InChI is InChI=1S/C23H25N3O3S/c1-2-16-7-5-8-17(13-16)24-21(27)15-30-23-25-20-11-4-3-10-19(20)22(28)26(23)14-18-9-6-12-29-18/h3-5,7-8,10-11,13,18H,2,6,9,12,14-15H2,1H3,(H,24,27). The second-order valence-corrected chi connectivity index (χ2v) is 8.30. The van der Waals surface area contributed by atoms with Crippen LogP contribution in [0.4, 0.5) is 5.69 Å². The molecule has 1 N–H and O–H groups in total. The van der Waals surface area contributed by atoms with E-state index in [-0.39, 0.29) is 23.3 Å². The Morgan fingerprint density at radius 2 is 2.13 bits per heavy atom. The van der Waals surface area contributed by atoms with E-state index in [0.29, 0.717) is 22.6 Å². The third-order valence-corrected chi connectivity index (χ3v) is 6.16. The smallest absolute Gasteiger partial charge is 0.262 e. The molecule has 1 unspecified atom stereocenters. The summed E-state index contributed by atoms with van der Waals surface area (Å²) in [5.74, 6) is 0.0476. The number of thioether (sulfide) groups is 1. The van der Waals surface area contributed by atoms with Crippen LogP contribution < -0.4 is 10.9 Å². The lowest BCUT2D eigenvalue weighted by Crippen LogP contribution is -2.29. The van der Waals surface area contributed by atoms with Crippen molar-refractivity contribution in [3.05, 3.63) is 64.4 Å². The van der Waals surface area contributed by atoms with Gasteiger partial charge in [0.25, 0.3) is 5.56 Å². The third-order valence-electron chi connectivity index (χ3n) is 5.19. The number of fused-ring (bicyclic) bond motifs is 1. The van der Waals surface area contributed by atoms with Crippen molar-refractivity contribution in [2.45, 2.75) is 44.0 Å². The van der Waals surface area contributed by atoms with Crippen molar-refractivity contribution in [3.63, 3.8) is 0 Å². The minimum Gasteiger partial charge on any atom is -0.376 e. The lowest BCUT2D eigenvalue weighted by Gasteiger charge is -2.16. The number of amides is 1. The summed E-state index contributed by atoms with van der Waals surface area (Å²) in [6, 6.07) is 15.1. The van der Waals surface area contributed by atoms with E-state index in [9.17, 15) is 9.59 Å². The highest BCUT2D eigenvalue weighted by Crippen LogP contribution is 2.21. The van der Waals surface area contributed by atoms with E-state index >= 15 is 0 Å². The van der Waals surface area contributed by atoms with Gasteiger partial charge in [-0.25, -0.2) is 4.98 Å². The van der Waals surface area contributed by atoms with Crippen molar-refractivity contribution in [2.24, 2.45) is 0 Å². The van der Waals surface area contributed by atoms with E-state index < -0.39 is 0 Å². The monoisotopic (exact) mass is 423 g/mol. The molecule has 0 saturated carbocycles. The topological polar surface area (TPSA) is 73.2 Å². The minimum atomic E-state index is -0.126. The Bertz CT molecular complexity index is 1110. The molecule has 1 aliphatic heterocycles. The highest BCUT2D eigenvalue weighted by molar-refractivity contribution is 7.99. The Labute approximate surface area is 179 Å². The van der Waals surface area contributed by atoms with Gasteiger partial charge in [-0.2, -0.15) is 0 Å². The van der Waals surface area contributed by atoms with Crippen LogP contribution in [0.1, 0.15) is 25.3 Å². The zero-order chi connectivity index (χ0) is 20.9. The Morgan fingerprint density at radius 3 is 2.93 bits per heavy atom. The predicted octanol–water partition coefficient (Wildman–Crippen LogP) is 3.87. The van der Waals surface area contributed by atoms with Gasteiger partial charge in [-0.15, -0.1) is 0 Å². The third kappa shape index (κ3) is 4.74. The number of para-hydroxylation sites is 1. The van der Waals surface area contributed by atoms with Gasteiger partial charge < -0.3 is 10.1 Å². The van der Waals surface area contributed by atoms with Gasteiger partial charge >= 0.3 is 0 Å². The molecule has 1 fully saturated rings. The van der Waals surface area contributed by atoms with Crippen LogP contribution in [-0.2, 0) is 22.5 Å². The summed E-state index contributed by atoms with van der Waals surface area (Å²) in [6.45, 7) is 3.26. The second-order valence-electron chi connectivity index (χ2n) is 7.35. The van der Waals surface area contributed by atoms with Crippen LogP contribution in [-0.4, -0.2) is 33.9 Å². The van der Waals surface area contributed by atoms with Gasteiger partial charge in [0.15, 0.2) is 5.16 Å². The summed E-state index contributed by atoms with van der Waals surface area (Å²) in [4.78, 5) is 30.3. The highest BCUT2D eigenvalue weighted by Gasteiger charge is 2.20. The summed E-state index contributed by atoms with van der Waals surface area (Å²) < 4.78 is 7.39. The molecule has 0 aliphatic carbocycles. The first-order valence-electron chi connectivity index (χ1n) is 10.3. The van der Waals surface area contributed by atoms with Crippen LogP contribution in [0.15, 0.2) is 58.5 Å². The van der Waals surface area contributed by atoms with Crippen molar-refractivity contribution in [2.75, 3.05) is 17.7 Å². The van der Waals surface area contributed by atoms with Crippen molar-refractivity contribution < 1.29 is 9.53 Å². The molecule has 4 rings (SSSR count). The number of carbonyl (C=O) groups is 1. The van der Waals surface area contributed by atoms with Gasteiger partial charge in [-0.05, 0) is 49.1 Å². The number of nitrogens with one attached hydrogen (secondary N) is 1. The Kier molecular flexibility index (Phi) is 6.50. The molecule has 3 aromatic rings. The van der Waals surface area contributed by atoms with Crippen LogP contribution in [0.25, 0.3) is 10.9 Å². The Hall–Kier alpha value is -2.64. The SMILES string of the molecule is CCc1cccc(NC(=O)CSc2nc3ccccc3c(=O)n2CC2CCCO2)c1. The zero-order valence-corrected chi connectivity index (χ0v) is 17.8. The van der Waals surface area contributed by atoms with Crippen LogP contribution in [0.3, 0.4) is 0 Å². The second kappa shape index (κ2) is 9.45. The number of benzene rings is 2. The molecule has 7 heteroatoms. The average Bonchev–Trinajstić information content (AvgIpc) is 3.28. The van der Waals surface area contributed by atoms with Gasteiger partial charge in [0.1, 0.15) is 0 Å². The maximum absolute atomic E-state index is 13.1. The van der Waals surface area contributed by atoms with E-state index in [4.69, 9.17) is 4.74 Å². The molecule has 2 heterocycles. The maximum atomic E-state index is 13.1. The number of hydrogen-bond donors (Lipinski definition) is 1. The molecule has 1 saturated heterocycles. The molecule has 156 valence electrons. The van der Waals surface area contributed by atoms with Crippen molar-refractivity contribution in [3.8, 4) is 0 Å². The van der Waals surface area contributed by atoms with E-state index in [2.05, 4.69) is 17.2 Å². The molecule has 30 heavy (non-hydrogen) atoms. The maximum Gasteiger partial charge on any atom is 0.262 e. The van der Waals surface area contributed by atoms with Gasteiger partial charge in [0.2, 0.25) is 5.91 Å². The molecular weight excluding hydrogens is 398 g/mol. The molecule has 0 radical (unpaired) electrons. The lowest BCUT2D eigenvalue weighted by atomic mass is 10.1. The Morgan fingerprint density at radius 1 is 1.27 bits per heavy atom. The lowest BCUT2D eigenvalue weighted by molar-refractivity contribution is -0.113. The fraction of sp³-hybridized carbons (Fsp3) is 0.348. The number of aromatic nitrogens is 2. The number of carbonyl (C=O) groups excluding carboxylic acids is 1. The Balaban J connectivity index is 1.54. The number of aryl methyl sites for hydroxylation is 1. The van der Waals surface area contributed by atoms with E-state index in [1.54, 1.807) is 10.6 Å². The number of hydrogen-bond acceptors (Lipinski definition) is 5. The number of anilines is 1. The molecule has 1 aromatic heterocycles. The molecule has 6 nitrogen and oxygen atoms in total. The summed E-state index contributed by atoms with van der Waals surface area (Å²) in [7, 11) is 0. The zero-order valence-electron chi connectivity index (χ0n) is 17.0. The first-order chi connectivity index (χ1) is 14.6. The summed E-state index contributed by atoms with van der Waals surface area (Å²) >= 11 is 1.28. The van der Waals surface area contributed by atoms with Crippen molar-refractivity contribution >= 4 is 34.3 Å². The summed E-state index contributed by atoms with van der Waals surface area (Å²) in [6.07, 6.45) is 2.85. The molecule has 1 atom stereocenters. The average molecular weight is 424 g/mol. The highest BCUT2D eigenvalue weighted by atomic mass is 32.2. The first-order valence-corrected chi connectivity index (χ1v) is 11.3. The van der Waals surface area contributed by atoms with E-state index in [1.165, 1.54) is 17.3 Å². The van der Waals surface area contributed by atoms with Crippen LogP contribution >= 0.6 is 11.8 Å². The number of rotatable bonds is 7. The summed E-state index contributed by atoms with van der Waals surface area (Å²) in [5, 5.41) is 4.06. The molecule has 1 aliphatic rings. The van der Waals surface area contributed by atoms with Crippen molar-refractivity contribution in [1.29, 1.82) is 0 Å². The predicted molar refractivity (Wildman–Crippen MR) is 120 cm³/mol. The van der Waals surface area contributed by atoms with Crippen LogP contribution in [0.5, 0.6) is 0 Å². The fourth-order valence-electron chi connectivity index (χ4n) is 3.61. The number of ether oxygens (including phenoxy) is 1. The fourth-order valence-corrected chi connectivity index (χ4v) is 4.42. The quantitative estimate of drug-likeness (QED) is 0.461. The normalized spacial score (nSPS) is 16.1. The van der Waals surface area contributed by atoms with E-state index in [1.807, 2.05) is 42.5 Å². The molecule has 0 spiro atoms. The summed E-state index contributed by atoms with van der Waals surface area (Å²) in [5.41, 5.74) is 2.50. The van der Waals surface area contributed by atoms with Gasteiger partial charge in [0.05, 0.1) is 29.3 Å². The number of nitrogens with zero attached hydrogens (tertiary/aromatic N) is 2. The molecule has 0 bridgehead atoms. The van der Waals surface area contributed by atoms with Gasteiger partial charge in [0, 0.05) is 12.3 Å². The van der Waals surface area contributed by atoms with Gasteiger partial charge in [-0.3, -0.25) is 14.2 Å². The van der Waals surface area contributed by atoms with Crippen LogP contribution in [0, 0.1) is 0 Å². The molecular formula is C23H25N3O3S. The largest absolute Gasteiger partial charge is 0.376 e. The van der Waals surface area contributed by atoms with Crippen molar-refractivity contribution in [1.82, 2.24) is 9.55 Å². The van der Waals surface area contributed by atoms with Gasteiger partial charge in [-0.1, -0.05) is 43.0 Å². The first kappa shape index (κ1) is 20.6. The minimum absolute atomic E-state index is 0.00984. The van der Waals surface area contributed by atoms with E-state index in [0.717, 1.165) is 31.6 Å². The molecule has 1 amide bonds. The van der Waals surface area contributed by atoms with Crippen LogP contribution in [0.2, 0.25) is 0 Å².